The van der Waals surface area contributed by atoms with Gasteiger partial charge in [0.25, 0.3) is 0 Å². The summed E-state index contributed by atoms with van der Waals surface area (Å²) in [6.07, 6.45) is 0. The van der Waals surface area contributed by atoms with E-state index >= 15 is 0 Å². The predicted octanol–water partition coefficient (Wildman–Crippen LogP) is 11.8. The summed E-state index contributed by atoms with van der Waals surface area (Å²) in [5.74, 6) is 1.84. The van der Waals surface area contributed by atoms with Crippen molar-refractivity contribution in [2.24, 2.45) is 0 Å². The molecule has 0 unspecified atom stereocenters. The zero-order chi connectivity index (χ0) is 32.6. The number of hydrogen-bond acceptors (Lipinski definition) is 4. The molecule has 9 aromatic rings. The lowest BCUT2D eigenvalue weighted by molar-refractivity contribution is 0.669. The predicted molar refractivity (Wildman–Crippen MR) is 200 cm³/mol. The van der Waals surface area contributed by atoms with Crippen LogP contribution in [-0.2, 0) is 0 Å². The monoisotopic (exact) mass is 627 g/mol. The van der Waals surface area contributed by atoms with Crippen molar-refractivity contribution in [3.05, 3.63) is 176 Å². The molecule has 0 saturated carbocycles. The van der Waals surface area contributed by atoms with Gasteiger partial charge in [-0.05, 0) is 51.6 Å². The van der Waals surface area contributed by atoms with Crippen molar-refractivity contribution in [2.45, 2.75) is 0 Å². The smallest absolute Gasteiger partial charge is 0.164 e. The molecule has 2 heterocycles. The molecule has 0 saturated heterocycles. The van der Waals surface area contributed by atoms with Crippen LogP contribution in [0.3, 0.4) is 0 Å². The summed E-state index contributed by atoms with van der Waals surface area (Å²) in [5.41, 5.74) is 11.3. The molecule has 0 spiro atoms. The molecule has 0 N–H and O–H groups in total. The van der Waals surface area contributed by atoms with Crippen molar-refractivity contribution in [3.63, 3.8) is 0 Å². The Kier molecular flexibility index (Phi) is 7.10. The van der Waals surface area contributed by atoms with Gasteiger partial charge in [-0.25, -0.2) is 15.0 Å². The third-order valence-corrected chi connectivity index (χ3v) is 8.96. The molecular weight excluding hydrogens is 599 g/mol. The van der Waals surface area contributed by atoms with Crippen molar-refractivity contribution >= 4 is 21.9 Å². The molecule has 2 aromatic heterocycles. The number of para-hydroxylation sites is 1. The van der Waals surface area contributed by atoms with E-state index in [0.717, 1.165) is 55.3 Å². The van der Waals surface area contributed by atoms with Gasteiger partial charge in [0.1, 0.15) is 11.2 Å². The third kappa shape index (κ3) is 5.45. The largest absolute Gasteiger partial charge is 0.456 e. The number of fused-ring (bicyclic) bond motifs is 3. The standard InChI is InChI=1S/C45H29N3O/c1-4-12-30(13-5-1)31-20-22-32(23-21-31)33-24-26-34(27-25-33)39-28-37(29-41-42(39)38-18-10-11-19-40(38)49-41)45-47-43(35-14-6-2-7-15-35)46-44(48-45)36-16-8-3-9-17-36/h1-29H. The van der Waals surface area contributed by atoms with Crippen LogP contribution in [0.25, 0.3) is 89.5 Å². The zero-order valence-corrected chi connectivity index (χ0v) is 26.5. The molecule has 230 valence electrons. The quantitative estimate of drug-likeness (QED) is 0.184. The van der Waals surface area contributed by atoms with Crippen LogP contribution in [-0.4, -0.2) is 15.0 Å². The Balaban J connectivity index is 1.18. The van der Waals surface area contributed by atoms with Gasteiger partial charge in [0.2, 0.25) is 0 Å². The average Bonchev–Trinajstić information content (AvgIpc) is 3.57. The Morgan fingerprint density at radius 2 is 0.714 bits per heavy atom. The molecule has 7 aromatic carbocycles. The van der Waals surface area contributed by atoms with E-state index in [1.54, 1.807) is 0 Å². The molecule has 0 aliphatic carbocycles. The van der Waals surface area contributed by atoms with E-state index in [1.165, 1.54) is 16.7 Å². The fraction of sp³-hybridized carbons (Fsp3) is 0. The van der Waals surface area contributed by atoms with Crippen LogP contribution in [0.5, 0.6) is 0 Å². The van der Waals surface area contributed by atoms with Crippen molar-refractivity contribution in [3.8, 4) is 67.5 Å². The minimum Gasteiger partial charge on any atom is -0.456 e. The zero-order valence-electron chi connectivity index (χ0n) is 26.5. The van der Waals surface area contributed by atoms with E-state index < -0.39 is 0 Å². The molecular formula is C45H29N3O. The highest BCUT2D eigenvalue weighted by Gasteiger charge is 2.18. The van der Waals surface area contributed by atoms with E-state index in [0.29, 0.717) is 17.5 Å². The maximum Gasteiger partial charge on any atom is 0.164 e. The highest BCUT2D eigenvalue weighted by molar-refractivity contribution is 6.13. The first kappa shape index (κ1) is 28.6. The second-order valence-corrected chi connectivity index (χ2v) is 12.1. The van der Waals surface area contributed by atoms with Crippen LogP contribution in [0.1, 0.15) is 0 Å². The van der Waals surface area contributed by atoms with Crippen molar-refractivity contribution in [2.75, 3.05) is 0 Å². The van der Waals surface area contributed by atoms with Crippen LogP contribution in [0, 0.1) is 0 Å². The molecule has 0 radical (unpaired) electrons. The lowest BCUT2D eigenvalue weighted by atomic mass is 9.94. The van der Waals surface area contributed by atoms with E-state index in [-0.39, 0.29) is 0 Å². The second-order valence-electron chi connectivity index (χ2n) is 12.1. The third-order valence-electron chi connectivity index (χ3n) is 8.96. The Labute approximate surface area is 284 Å². The van der Waals surface area contributed by atoms with E-state index in [4.69, 9.17) is 19.4 Å². The first-order valence-electron chi connectivity index (χ1n) is 16.4. The number of benzene rings is 7. The number of nitrogens with zero attached hydrogens (tertiary/aromatic N) is 3. The Hall–Kier alpha value is -6.65. The lowest BCUT2D eigenvalue weighted by Gasteiger charge is -2.11. The van der Waals surface area contributed by atoms with Gasteiger partial charge >= 0.3 is 0 Å². The Morgan fingerprint density at radius 3 is 1.24 bits per heavy atom. The number of rotatable bonds is 6. The molecule has 0 aliphatic heterocycles. The number of hydrogen-bond donors (Lipinski definition) is 0. The SMILES string of the molecule is c1ccc(-c2ccc(-c3ccc(-c4cc(-c5nc(-c6ccccc6)nc(-c6ccccc6)n5)cc5oc6ccccc6c45)cc3)cc2)cc1. The van der Waals surface area contributed by atoms with Crippen LogP contribution in [0.15, 0.2) is 180 Å². The molecule has 0 fully saturated rings. The molecule has 49 heavy (non-hydrogen) atoms. The maximum absolute atomic E-state index is 6.48. The summed E-state index contributed by atoms with van der Waals surface area (Å²) in [5, 5.41) is 2.14. The average molecular weight is 628 g/mol. The van der Waals surface area contributed by atoms with Gasteiger partial charge in [-0.15, -0.1) is 0 Å². The Bertz CT molecular complexity index is 2500. The summed E-state index contributed by atoms with van der Waals surface area (Å²) in [7, 11) is 0. The van der Waals surface area contributed by atoms with Gasteiger partial charge in [-0.1, -0.05) is 158 Å². The van der Waals surface area contributed by atoms with E-state index in [9.17, 15) is 0 Å². The lowest BCUT2D eigenvalue weighted by Crippen LogP contribution is -2.00. The van der Waals surface area contributed by atoms with Crippen molar-refractivity contribution in [1.29, 1.82) is 0 Å². The topological polar surface area (TPSA) is 51.8 Å². The summed E-state index contributed by atoms with van der Waals surface area (Å²) < 4.78 is 6.48. The van der Waals surface area contributed by atoms with Gasteiger partial charge in [0, 0.05) is 27.5 Å². The maximum atomic E-state index is 6.48. The van der Waals surface area contributed by atoms with E-state index in [1.807, 2.05) is 78.9 Å². The first-order valence-corrected chi connectivity index (χ1v) is 16.4. The van der Waals surface area contributed by atoms with Gasteiger partial charge in [0.15, 0.2) is 17.5 Å². The molecule has 0 amide bonds. The van der Waals surface area contributed by atoms with Crippen LogP contribution < -0.4 is 0 Å². The molecule has 9 rings (SSSR count). The first-order chi connectivity index (χ1) is 24.3. The summed E-state index contributed by atoms with van der Waals surface area (Å²) in [6, 6.07) is 60.5. The summed E-state index contributed by atoms with van der Waals surface area (Å²) in [4.78, 5) is 14.9. The van der Waals surface area contributed by atoms with Gasteiger partial charge in [-0.2, -0.15) is 0 Å². The van der Waals surface area contributed by atoms with Crippen LogP contribution >= 0.6 is 0 Å². The van der Waals surface area contributed by atoms with Gasteiger partial charge in [0.05, 0.1) is 0 Å². The molecule has 4 nitrogen and oxygen atoms in total. The molecule has 0 bridgehead atoms. The number of furan rings is 1. The van der Waals surface area contributed by atoms with Gasteiger partial charge in [-0.3, -0.25) is 0 Å². The van der Waals surface area contributed by atoms with Crippen molar-refractivity contribution < 1.29 is 4.42 Å². The second kappa shape index (κ2) is 12.2. The fourth-order valence-corrected chi connectivity index (χ4v) is 6.48. The minimum absolute atomic E-state index is 0.589. The van der Waals surface area contributed by atoms with E-state index in [2.05, 4.69) is 97.1 Å². The summed E-state index contributed by atoms with van der Waals surface area (Å²) in [6.45, 7) is 0. The Morgan fingerprint density at radius 1 is 0.306 bits per heavy atom. The summed E-state index contributed by atoms with van der Waals surface area (Å²) >= 11 is 0. The van der Waals surface area contributed by atoms with Crippen LogP contribution in [0.4, 0.5) is 0 Å². The van der Waals surface area contributed by atoms with Crippen molar-refractivity contribution in [1.82, 2.24) is 15.0 Å². The van der Waals surface area contributed by atoms with Gasteiger partial charge < -0.3 is 4.42 Å². The number of aromatic nitrogens is 3. The van der Waals surface area contributed by atoms with Crippen LogP contribution in [0.2, 0.25) is 0 Å². The molecule has 0 atom stereocenters. The minimum atomic E-state index is 0.589. The molecule has 4 heteroatoms. The highest BCUT2D eigenvalue weighted by atomic mass is 16.3. The highest BCUT2D eigenvalue weighted by Crippen LogP contribution is 2.40. The molecule has 0 aliphatic rings. The normalized spacial score (nSPS) is 11.3. The fourth-order valence-electron chi connectivity index (χ4n) is 6.48.